The average molecular weight is 245 g/mol. The maximum atomic E-state index is 11.4. The van der Waals surface area contributed by atoms with Crippen LogP contribution in [0.2, 0.25) is 0 Å². The molecule has 1 heterocycles. The third kappa shape index (κ3) is 1.95. The minimum Gasteiger partial charge on any atom is -0.494 e. The number of hydrogen-bond donors (Lipinski definition) is 1. The van der Waals surface area contributed by atoms with Gasteiger partial charge in [0.25, 0.3) is 5.91 Å². The molecule has 2 rings (SSSR count). The van der Waals surface area contributed by atoms with Gasteiger partial charge in [-0.1, -0.05) is 12.1 Å². The predicted molar refractivity (Wildman–Crippen MR) is 68.1 cm³/mol. The zero-order valence-corrected chi connectivity index (χ0v) is 10.6. The molecule has 0 unspecified atom stereocenters. The van der Waals surface area contributed by atoms with Crippen molar-refractivity contribution in [1.82, 2.24) is 9.78 Å². The topological polar surface area (TPSA) is 70.1 Å². The van der Waals surface area contributed by atoms with Gasteiger partial charge in [0.15, 0.2) is 0 Å². The molecule has 2 aromatic rings. The van der Waals surface area contributed by atoms with E-state index in [0.717, 1.165) is 16.9 Å². The van der Waals surface area contributed by atoms with Crippen LogP contribution < -0.4 is 10.5 Å². The Morgan fingerprint density at radius 3 is 2.72 bits per heavy atom. The van der Waals surface area contributed by atoms with Gasteiger partial charge in [0, 0.05) is 0 Å². The van der Waals surface area contributed by atoms with Gasteiger partial charge in [0.2, 0.25) is 0 Å². The van der Waals surface area contributed by atoms with Crippen LogP contribution in [0.1, 0.15) is 21.7 Å². The molecule has 0 aliphatic carbocycles. The van der Waals surface area contributed by atoms with Crippen molar-refractivity contribution in [1.29, 1.82) is 0 Å². The van der Waals surface area contributed by atoms with Crippen LogP contribution in [-0.4, -0.2) is 22.8 Å². The molecule has 0 saturated heterocycles. The van der Waals surface area contributed by atoms with Gasteiger partial charge in [0.1, 0.15) is 17.1 Å². The summed E-state index contributed by atoms with van der Waals surface area (Å²) in [5.74, 6) is 0.140. The highest BCUT2D eigenvalue weighted by Crippen LogP contribution is 2.27. The summed E-state index contributed by atoms with van der Waals surface area (Å²) >= 11 is 0. The Kier molecular flexibility index (Phi) is 3.06. The van der Waals surface area contributed by atoms with E-state index >= 15 is 0 Å². The number of carbonyl (C=O) groups is 1. The molecule has 94 valence electrons. The summed E-state index contributed by atoms with van der Waals surface area (Å²) in [5, 5.41) is 4.31. The predicted octanol–water partition coefficient (Wildman–Crippen LogP) is 1.60. The molecule has 1 aromatic heterocycles. The van der Waals surface area contributed by atoms with Crippen LogP contribution in [0.5, 0.6) is 5.75 Å². The number of benzene rings is 1. The number of nitrogens with zero attached hydrogens (tertiary/aromatic N) is 2. The Hall–Kier alpha value is -2.30. The summed E-state index contributed by atoms with van der Waals surface area (Å²) in [4.78, 5) is 11.4. The van der Waals surface area contributed by atoms with Crippen molar-refractivity contribution in [2.75, 3.05) is 7.11 Å². The first-order chi connectivity index (χ1) is 8.54. The summed E-state index contributed by atoms with van der Waals surface area (Å²) < 4.78 is 6.85. The zero-order valence-electron chi connectivity index (χ0n) is 10.6. The lowest BCUT2D eigenvalue weighted by molar-refractivity contribution is 0.0993. The van der Waals surface area contributed by atoms with Gasteiger partial charge < -0.3 is 10.5 Å². The molecule has 18 heavy (non-hydrogen) atoms. The van der Waals surface area contributed by atoms with Gasteiger partial charge in [0.05, 0.1) is 12.8 Å². The van der Waals surface area contributed by atoms with E-state index in [1.54, 1.807) is 13.2 Å². The Morgan fingerprint density at radius 2 is 2.11 bits per heavy atom. The zero-order chi connectivity index (χ0) is 13.3. The summed E-state index contributed by atoms with van der Waals surface area (Å²) in [6.45, 7) is 3.74. The number of carbonyl (C=O) groups excluding carboxylic acids is 1. The molecular formula is C13H15N3O2. The molecule has 5 heteroatoms. The number of hydrogen-bond acceptors (Lipinski definition) is 3. The minimum absolute atomic E-state index is 0.347. The van der Waals surface area contributed by atoms with E-state index in [2.05, 4.69) is 5.10 Å². The van der Waals surface area contributed by atoms with Crippen LogP contribution in [0.3, 0.4) is 0 Å². The highest BCUT2D eigenvalue weighted by Gasteiger charge is 2.17. The van der Waals surface area contributed by atoms with Crippen molar-refractivity contribution in [2.24, 2.45) is 5.73 Å². The minimum atomic E-state index is -0.513. The monoisotopic (exact) mass is 245 g/mol. The number of aryl methyl sites for hydroxylation is 2. The van der Waals surface area contributed by atoms with E-state index in [1.165, 1.54) is 4.68 Å². The number of rotatable bonds is 3. The number of aromatic nitrogens is 2. The lowest BCUT2D eigenvalue weighted by Crippen LogP contribution is -2.17. The van der Waals surface area contributed by atoms with Crippen LogP contribution in [0.25, 0.3) is 5.69 Å². The SMILES string of the molecule is COc1cccc(C)c1-n1nc(C)cc1C(N)=O. The Bertz CT molecular complexity index is 602. The lowest BCUT2D eigenvalue weighted by atomic mass is 10.2. The van der Waals surface area contributed by atoms with Crippen LogP contribution in [0, 0.1) is 13.8 Å². The van der Waals surface area contributed by atoms with Gasteiger partial charge in [-0.2, -0.15) is 5.10 Å². The van der Waals surface area contributed by atoms with Crippen LogP contribution >= 0.6 is 0 Å². The Morgan fingerprint density at radius 1 is 1.39 bits per heavy atom. The second kappa shape index (κ2) is 4.52. The van der Waals surface area contributed by atoms with E-state index in [-0.39, 0.29) is 0 Å². The Labute approximate surface area is 105 Å². The van der Waals surface area contributed by atoms with Crippen molar-refractivity contribution in [2.45, 2.75) is 13.8 Å². The van der Waals surface area contributed by atoms with E-state index < -0.39 is 5.91 Å². The van der Waals surface area contributed by atoms with Gasteiger partial charge >= 0.3 is 0 Å². The highest BCUT2D eigenvalue weighted by molar-refractivity contribution is 5.92. The summed E-state index contributed by atoms with van der Waals surface area (Å²) in [7, 11) is 1.58. The second-order valence-corrected chi connectivity index (χ2v) is 4.07. The van der Waals surface area contributed by atoms with Crippen molar-refractivity contribution in [3.8, 4) is 11.4 Å². The molecule has 5 nitrogen and oxygen atoms in total. The smallest absolute Gasteiger partial charge is 0.267 e. The molecule has 0 atom stereocenters. The molecule has 0 bridgehead atoms. The van der Waals surface area contributed by atoms with Crippen molar-refractivity contribution in [3.63, 3.8) is 0 Å². The first kappa shape index (κ1) is 12.2. The van der Waals surface area contributed by atoms with Gasteiger partial charge in [-0.3, -0.25) is 4.79 Å². The largest absolute Gasteiger partial charge is 0.494 e. The molecule has 0 aliphatic rings. The average Bonchev–Trinajstić information content (AvgIpc) is 2.70. The summed E-state index contributed by atoms with van der Waals surface area (Å²) in [6, 6.07) is 7.30. The van der Waals surface area contributed by atoms with Crippen molar-refractivity contribution < 1.29 is 9.53 Å². The first-order valence-corrected chi connectivity index (χ1v) is 5.55. The standard InChI is InChI=1S/C13H15N3O2/c1-8-5-4-6-11(18-3)12(8)16-10(13(14)17)7-9(2)15-16/h4-7H,1-3H3,(H2,14,17). The van der Waals surface area contributed by atoms with E-state index in [4.69, 9.17) is 10.5 Å². The van der Waals surface area contributed by atoms with Crippen LogP contribution in [0.15, 0.2) is 24.3 Å². The molecule has 0 fully saturated rings. The second-order valence-electron chi connectivity index (χ2n) is 4.07. The van der Waals surface area contributed by atoms with Crippen molar-refractivity contribution >= 4 is 5.91 Å². The molecule has 0 saturated carbocycles. The quantitative estimate of drug-likeness (QED) is 0.892. The van der Waals surface area contributed by atoms with Gasteiger partial charge in [-0.15, -0.1) is 0 Å². The molecule has 0 spiro atoms. The van der Waals surface area contributed by atoms with E-state index in [9.17, 15) is 4.79 Å². The maximum Gasteiger partial charge on any atom is 0.267 e. The number of para-hydroxylation sites is 1. The fourth-order valence-corrected chi connectivity index (χ4v) is 1.91. The number of methoxy groups -OCH3 is 1. The van der Waals surface area contributed by atoms with Crippen LogP contribution in [-0.2, 0) is 0 Å². The normalized spacial score (nSPS) is 10.4. The van der Waals surface area contributed by atoms with Crippen LogP contribution in [0.4, 0.5) is 0 Å². The van der Waals surface area contributed by atoms with Crippen molar-refractivity contribution in [3.05, 3.63) is 41.2 Å². The number of amides is 1. The number of ether oxygens (including phenoxy) is 1. The fourth-order valence-electron chi connectivity index (χ4n) is 1.91. The summed E-state index contributed by atoms with van der Waals surface area (Å²) in [5.41, 5.74) is 8.14. The van der Waals surface area contributed by atoms with E-state index in [1.807, 2.05) is 32.0 Å². The Balaban J connectivity index is 2.72. The maximum absolute atomic E-state index is 11.4. The molecular weight excluding hydrogens is 230 g/mol. The van der Waals surface area contributed by atoms with E-state index in [0.29, 0.717) is 11.4 Å². The summed E-state index contributed by atoms with van der Waals surface area (Å²) in [6.07, 6.45) is 0. The molecule has 0 aliphatic heterocycles. The molecule has 2 N–H and O–H groups in total. The first-order valence-electron chi connectivity index (χ1n) is 5.55. The third-order valence-electron chi connectivity index (χ3n) is 2.72. The molecule has 1 amide bonds. The van der Waals surface area contributed by atoms with Gasteiger partial charge in [-0.25, -0.2) is 4.68 Å². The number of primary amides is 1. The molecule has 0 radical (unpaired) electrons. The fraction of sp³-hybridized carbons (Fsp3) is 0.231. The highest BCUT2D eigenvalue weighted by atomic mass is 16.5. The molecule has 1 aromatic carbocycles. The third-order valence-corrected chi connectivity index (χ3v) is 2.72. The lowest BCUT2D eigenvalue weighted by Gasteiger charge is -2.13. The number of nitrogens with two attached hydrogens (primary N) is 1. The van der Waals surface area contributed by atoms with Gasteiger partial charge in [-0.05, 0) is 31.5 Å².